The summed E-state index contributed by atoms with van der Waals surface area (Å²) in [6.45, 7) is 0. The molecule has 26 heavy (non-hydrogen) atoms. The predicted molar refractivity (Wildman–Crippen MR) is 123 cm³/mol. The fourth-order valence-electron chi connectivity index (χ4n) is 2.00. The molecule has 3 aromatic carbocycles. The SMILES string of the molecule is Cl.Cl.[CH3-].[CH3-].[CH3-].[CH3-].[Si]=[Ti].[c-]1cc2ccccc2[nH]1.c1ccc2[cH-]ccc2c1. The van der Waals surface area contributed by atoms with E-state index < -0.39 is 0 Å². The summed E-state index contributed by atoms with van der Waals surface area (Å²) in [6.07, 6.45) is 2.91. The third kappa shape index (κ3) is 10.3. The number of nitrogens with one attached hydrogen (secondary N) is 1. The minimum Gasteiger partial charge on any atom is -0.477 e. The van der Waals surface area contributed by atoms with E-state index in [-0.39, 0.29) is 54.5 Å². The van der Waals surface area contributed by atoms with Gasteiger partial charge in [0.25, 0.3) is 0 Å². The third-order valence-corrected chi connectivity index (χ3v) is 2.94. The second-order valence-corrected chi connectivity index (χ2v) is 4.16. The molecule has 144 valence electrons. The van der Waals surface area contributed by atoms with Gasteiger partial charge in [-0.25, -0.2) is 0 Å². The Labute approximate surface area is 186 Å². The van der Waals surface area contributed by atoms with Crippen molar-refractivity contribution in [2.45, 2.75) is 0 Å². The van der Waals surface area contributed by atoms with Crippen molar-refractivity contribution >= 4 is 54.1 Å². The smallest absolute Gasteiger partial charge is 0.0745 e. The van der Waals surface area contributed by atoms with Gasteiger partial charge in [-0.1, -0.05) is 18.2 Å². The van der Waals surface area contributed by atoms with Crippen LogP contribution in [0.15, 0.2) is 72.8 Å². The van der Waals surface area contributed by atoms with Crippen molar-refractivity contribution in [3.63, 3.8) is 0 Å². The fourth-order valence-corrected chi connectivity index (χ4v) is 2.00. The normalized spacial score (nSPS) is 7.19. The van der Waals surface area contributed by atoms with Crippen molar-refractivity contribution in [2.75, 3.05) is 0 Å². The first-order valence-corrected chi connectivity index (χ1v) is 9.07. The minimum absolute atomic E-state index is 0. The van der Waals surface area contributed by atoms with E-state index in [4.69, 9.17) is 0 Å². The first-order valence-electron chi connectivity index (χ1n) is 6.23. The molecule has 0 bridgehead atoms. The molecule has 1 aromatic heterocycles. The summed E-state index contributed by atoms with van der Waals surface area (Å²) in [7, 11) is 2.97. The standard InChI is InChI=1S/C9H7.C8H6N.4CH3.2ClH.Si.Ti/c1-2-5-9-7-3-6-8(9)4-1;1-2-4-8-7(3-1)5-6-9-8;;;;;;;;/h1-7H;1-5,9H;4*1H3;2*1H;;/q6*-1;;;;. The number of halogens is 2. The fraction of sp³-hybridized carbons (Fsp3) is 0. The summed E-state index contributed by atoms with van der Waals surface area (Å²) in [5.74, 6) is 0. The van der Waals surface area contributed by atoms with Crippen LogP contribution in [0.2, 0.25) is 0 Å². The summed E-state index contributed by atoms with van der Waals surface area (Å²) < 4.78 is 0. The Morgan fingerprint density at radius 2 is 1.31 bits per heavy atom. The molecular formula is C21H27Cl2NSiTi-6. The summed E-state index contributed by atoms with van der Waals surface area (Å²) in [6, 6.07) is 24.7. The maximum atomic E-state index is 2.99. The van der Waals surface area contributed by atoms with Crippen molar-refractivity contribution in [1.82, 2.24) is 4.98 Å². The van der Waals surface area contributed by atoms with Crippen molar-refractivity contribution in [3.8, 4) is 0 Å². The van der Waals surface area contributed by atoms with Gasteiger partial charge in [0.1, 0.15) is 0 Å². The Balaban J connectivity index is -0.0000000853. The van der Waals surface area contributed by atoms with Crippen LogP contribution in [0.25, 0.3) is 21.7 Å². The Morgan fingerprint density at radius 3 is 1.88 bits per heavy atom. The van der Waals surface area contributed by atoms with Gasteiger partial charge in [0.2, 0.25) is 0 Å². The first kappa shape index (κ1) is 36.1. The second-order valence-electron chi connectivity index (χ2n) is 4.16. The van der Waals surface area contributed by atoms with Gasteiger partial charge in [-0.05, 0) is 0 Å². The van der Waals surface area contributed by atoms with Gasteiger partial charge in [0, 0.05) is 0 Å². The summed E-state index contributed by atoms with van der Waals surface area (Å²) in [5, 5.41) is 3.88. The molecule has 0 spiro atoms. The van der Waals surface area contributed by atoms with Crippen LogP contribution >= 0.6 is 24.8 Å². The molecule has 0 atom stereocenters. The number of fused-ring (bicyclic) bond motifs is 2. The predicted octanol–water partition coefficient (Wildman–Crippen LogP) is 6.79. The summed E-state index contributed by atoms with van der Waals surface area (Å²) in [5.41, 5.74) is 1.15. The van der Waals surface area contributed by atoms with E-state index in [0.29, 0.717) is 0 Å². The van der Waals surface area contributed by atoms with Gasteiger partial charge in [-0.2, -0.15) is 29.0 Å². The van der Waals surface area contributed by atoms with Gasteiger partial charge in [0.15, 0.2) is 0 Å². The monoisotopic (exact) mass is 439 g/mol. The molecule has 2 radical (unpaired) electrons. The van der Waals surface area contributed by atoms with Gasteiger partial charge < -0.3 is 34.7 Å². The Kier molecular flexibility index (Phi) is 28.3. The van der Waals surface area contributed by atoms with Crippen molar-refractivity contribution < 1.29 is 19.2 Å². The van der Waals surface area contributed by atoms with Crippen LogP contribution < -0.4 is 0 Å². The molecule has 1 nitrogen and oxygen atoms in total. The Bertz CT molecular complexity index is 657. The van der Waals surface area contributed by atoms with Crippen molar-refractivity contribution in [3.05, 3.63) is 109 Å². The van der Waals surface area contributed by atoms with Gasteiger partial charge in [-0.3, -0.25) is 0 Å². The van der Waals surface area contributed by atoms with Gasteiger partial charge in [0.05, 0.1) is 0 Å². The second kappa shape index (κ2) is 20.4. The molecule has 0 unspecified atom stereocenters. The number of rotatable bonds is 0. The van der Waals surface area contributed by atoms with Crippen molar-refractivity contribution in [2.24, 2.45) is 0 Å². The number of hydrogen-bond donors (Lipinski definition) is 1. The minimum atomic E-state index is 0. The molecule has 1 heterocycles. The van der Waals surface area contributed by atoms with E-state index in [9.17, 15) is 0 Å². The number of hydrogen-bond acceptors (Lipinski definition) is 0. The van der Waals surface area contributed by atoms with Gasteiger partial charge >= 0.3 is 26.8 Å². The van der Waals surface area contributed by atoms with Crippen molar-refractivity contribution in [1.29, 1.82) is 0 Å². The van der Waals surface area contributed by atoms with E-state index in [1.54, 1.807) is 19.2 Å². The third-order valence-electron chi connectivity index (χ3n) is 2.94. The molecule has 0 aliphatic rings. The molecule has 0 fully saturated rings. The average Bonchev–Trinajstić information content (AvgIpc) is 3.18. The number of para-hydroxylation sites is 1. The quantitative estimate of drug-likeness (QED) is 0.229. The number of H-pyrrole nitrogens is 1. The molecule has 4 rings (SSSR count). The van der Waals surface area contributed by atoms with Crippen LogP contribution in [0.4, 0.5) is 0 Å². The van der Waals surface area contributed by atoms with E-state index in [2.05, 4.69) is 67.3 Å². The number of aromatic nitrogens is 1. The molecule has 0 amide bonds. The van der Waals surface area contributed by atoms with E-state index in [1.165, 1.54) is 16.2 Å². The zero-order chi connectivity index (χ0) is 14.2. The van der Waals surface area contributed by atoms with Gasteiger partial charge in [-0.15, -0.1) is 78.3 Å². The molecular weight excluding hydrogens is 413 g/mol. The van der Waals surface area contributed by atoms with Crippen LogP contribution in [0.5, 0.6) is 0 Å². The largest absolute Gasteiger partial charge is 0.477 e. The number of aromatic amines is 1. The first-order chi connectivity index (χ1) is 9.93. The zero-order valence-corrected chi connectivity index (χ0v) is 19.9. The number of benzene rings is 2. The van der Waals surface area contributed by atoms with Crippen LogP contribution in [-0.4, -0.2) is 12.6 Å². The topological polar surface area (TPSA) is 15.8 Å². The average molecular weight is 440 g/mol. The molecule has 0 aliphatic carbocycles. The van der Waals surface area contributed by atoms with Crippen LogP contribution in [0.3, 0.4) is 0 Å². The van der Waals surface area contributed by atoms with Crippen LogP contribution in [-0.2, 0) is 19.2 Å². The Morgan fingerprint density at radius 1 is 0.769 bits per heavy atom. The summed E-state index contributed by atoms with van der Waals surface area (Å²) in [4.78, 5) is 2.99. The molecule has 4 aromatic rings. The maximum absolute atomic E-state index is 2.99. The van der Waals surface area contributed by atoms with Crippen LogP contribution in [0.1, 0.15) is 0 Å². The van der Waals surface area contributed by atoms with E-state index >= 15 is 0 Å². The van der Waals surface area contributed by atoms with E-state index in [1.807, 2.05) is 24.3 Å². The zero-order valence-electron chi connectivity index (χ0n) is 15.7. The molecule has 0 aliphatic heterocycles. The summed E-state index contributed by atoms with van der Waals surface area (Å²) >= 11 is 1.81. The molecule has 0 saturated carbocycles. The molecule has 1 N–H and O–H groups in total. The maximum Gasteiger partial charge on any atom is -0.0745 e. The molecule has 5 heteroatoms. The molecule has 0 saturated heterocycles. The van der Waals surface area contributed by atoms with Crippen LogP contribution in [0, 0.1) is 35.9 Å². The van der Waals surface area contributed by atoms with E-state index in [0.717, 1.165) is 5.52 Å². The Hall–Kier alpha value is -0.899.